The highest BCUT2D eigenvalue weighted by Crippen LogP contribution is 2.21. The Bertz CT molecular complexity index is 855. The summed E-state index contributed by atoms with van der Waals surface area (Å²) >= 11 is 5.73. The van der Waals surface area contributed by atoms with Gasteiger partial charge in [-0.25, -0.2) is 18.4 Å². The van der Waals surface area contributed by atoms with Gasteiger partial charge in [-0.2, -0.15) is 10.5 Å². The summed E-state index contributed by atoms with van der Waals surface area (Å²) in [4.78, 5) is 24.9. The number of carbonyl (C=O) groups is 2. The van der Waals surface area contributed by atoms with Crippen molar-refractivity contribution in [1.29, 1.82) is 10.5 Å². The Balaban J connectivity index is 2.80. The molecule has 138 valence electrons. The predicted octanol–water partition coefficient (Wildman–Crippen LogP) is 0.800. The second kappa shape index (κ2) is 9.73. The largest absolute Gasteiger partial charge is 0.452 e. The number of nitriles is 2. The van der Waals surface area contributed by atoms with Gasteiger partial charge >= 0.3 is 5.97 Å². The van der Waals surface area contributed by atoms with Crippen LogP contribution in [0.3, 0.4) is 0 Å². The van der Waals surface area contributed by atoms with Gasteiger partial charge in [-0.1, -0.05) is 11.6 Å². The van der Waals surface area contributed by atoms with Gasteiger partial charge in [0.25, 0.3) is 5.91 Å². The molecule has 1 rings (SSSR count). The highest BCUT2D eigenvalue weighted by molar-refractivity contribution is 7.89. The second-order valence-corrected chi connectivity index (χ2v) is 6.90. The summed E-state index contributed by atoms with van der Waals surface area (Å²) in [6, 6.07) is 7.11. The zero-order valence-corrected chi connectivity index (χ0v) is 15.1. The molecule has 1 amide bonds. The number of halogens is 1. The third-order valence-electron chi connectivity index (χ3n) is 3.14. The summed E-state index contributed by atoms with van der Waals surface area (Å²) in [6.45, 7) is -0.417. The molecule has 0 bridgehead atoms. The molecule has 9 nitrogen and oxygen atoms in total. The molecule has 26 heavy (non-hydrogen) atoms. The van der Waals surface area contributed by atoms with Gasteiger partial charge in [0.1, 0.15) is 4.90 Å². The minimum absolute atomic E-state index is 0.0695. The number of sulfonamides is 1. The molecule has 0 aliphatic rings. The van der Waals surface area contributed by atoms with Crippen LogP contribution in [0.25, 0.3) is 0 Å². The van der Waals surface area contributed by atoms with Gasteiger partial charge in [-0.15, -0.1) is 0 Å². The molecule has 0 spiro atoms. The molecular weight excluding hydrogens is 384 g/mol. The number of esters is 1. The molecule has 0 heterocycles. The van der Waals surface area contributed by atoms with Crippen LogP contribution < -0.4 is 5.14 Å². The van der Waals surface area contributed by atoms with E-state index in [0.29, 0.717) is 0 Å². The summed E-state index contributed by atoms with van der Waals surface area (Å²) in [7, 11) is -4.13. The third-order valence-corrected chi connectivity index (χ3v) is 4.53. The molecule has 2 N–H and O–H groups in total. The lowest BCUT2D eigenvalue weighted by atomic mass is 10.2. The average molecular weight is 399 g/mol. The van der Waals surface area contributed by atoms with Crippen LogP contribution in [0.5, 0.6) is 0 Å². The van der Waals surface area contributed by atoms with Crippen molar-refractivity contribution in [3.8, 4) is 12.1 Å². The van der Waals surface area contributed by atoms with Crippen molar-refractivity contribution >= 4 is 33.5 Å². The first-order valence-corrected chi connectivity index (χ1v) is 9.14. The topological polar surface area (TPSA) is 154 Å². The Labute approximate surface area is 155 Å². The lowest BCUT2D eigenvalue weighted by Crippen LogP contribution is -2.36. The maximum Gasteiger partial charge on any atom is 0.338 e. The van der Waals surface area contributed by atoms with E-state index in [0.717, 1.165) is 6.07 Å². The van der Waals surface area contributed by atoms with Crippen LogP contribution >= 0.6 is 11.6 Å². The molecule has 1 aromatic rings. The molecule has 1 aromatic carbocycles. The minimum atomic E-state index is -4.13. The highest BCUT2D eigenvalue weighted by atomic mass is 35.5. The molecule has 0 atom stereocenters. The van der Waals surface area contributed by atoms with Crippen LogP contribution in [0.2, 0.25) is 5.02 Å². The third kappa shape index (κ3) is 6.33. The zero-order chi connectivity index (χ0) is 19.7. The van der Waals surface area contributed by atoms with Crippen molar-refractivity contribution in [1.82, 2.24) is 4.90 Å². The molecule has 0 fully saturated rings. The van der Waals surface area contributed by atoms with Crippen molar-refractivity contribution in [3.05, 3.63) is 28.8 Å². The number of hydrogen-bond acceptors (Lipinski definition) is 7. The first-order valence-electron chi connectivity index (χ1n) is 7.22. The smallest absolute Gasteiger partial charge is 0.338 e. The van der Waals surface area contributed by atoms with Gasteiger partial charge in [-0.3, -0.25) is 4.79 Å². The maximum absolute atomic E-state index is 12.1. The van der Waals surface area contributed by atoms with Crippen LogP contribution in [0.4, 0.5) is 0 Å². The maximum atomic E-state index is 12.1. The SMILES string of the molecule is N#CCCN(CCC#N)C(=O)COC(=O)c1ccc(Cl)c(S(N)(=O)=O)c1. The van der Waals surface area contributed by atoms with E-state index in [1.807, 2.05) is 12.1 Å². The first-order chi connectivity index (χ1) is 12.2. The number of ether oxygens (including phenoxy) is 1. The Kier molecular flexibility index (Phi) is 8.00. The number of amides is 1. The van der Waals surface area contributed by atoms with Crippen LogP contribution in [0, 0.1) is 22.7 Å². The number of nitrogens with zero attached hydrogens (tertiary/aromatic N) is 3. The Hall–Kier alpha value is -2.66. The van der Waals surface area contributed by atoms with Crippen LogP contribution in [-0.4, -0.2) is 44.9 Å². The quantitative estimate of drug-likeness (QED) is 0.635. The molecule has 0 aliphatic carbocycles. The Morgan fingerprint density at radius 2 is 1.77 bits per heavy atom. The van der Waals surface area contributed by atoms with E-state index in [2.05, 4.69) is 0 Å². The van der Waals surface area contributed by atoms with E-state index in [1.54, 1.807) is 0 Å². The molecule has 0 aromatic heterocycles. The van der Waals surface area contributed by atoms with E-state index in [-0.39, 0.29) is 36.5 Å². The summed E-state index contributed by atoms with van der Waals surface area (Å²) in [5.74, 6) is -1.52. The van der Waals surface area contributed by atoms with E-state index in [1.165, 1.54) is 17.0 Å². The fourth-order valence-corrected chi connectivity index (χ4v) is 2.95. The van der Waals surface area contributed by atoms with Gasteiger partial charge in [0.15, 0.2) is 6.61 Å². The molecule has 11 heteroatoms. The highest BCUT2D eigenvalue weighted by Gasteiger charge is 2.19. The fraction of sp³-hybridized carbons (Fsp3) is 0.333. The number of rotatable bonds is 8. The van der Waals surface area contributed by atoms with Gasteiger partial charge in [0.05, 0.1) is 35.6 Å². The monoisotopic (exact) mass is 398 g/mol. The summed E-state index contributed by atoms with van der Waals surface area (Å²) < 4.78 is 27.7. The summed E-state index contributed by atoms with van der Waals surface area (Å²) in [5, 5.41) is 22.0. The van der Waals surface area contributed by atoms with E-state index < -0.39 is 33.4 Å². The van der Waals surface area contributed by atoms with Crippen molar-refractivity contribution in [2.75, 3.05) is 19.7 Å². The Morgan fingerprint density at radius 1 is 1.19 bits per heavy atom. The van der Waals surface area contributed by atoms with Crippen molar-refractivity contribution in [2.45, 2.75) is 17.7 Å². The van der Waals surface area contributed by atoms with Gasteiger partial charge in [0.2, 0.25) is 10.0 Å². The average Bonchev–Trinajstić information content (AvgIpc) is 2.58. The lowest BCUT2D eigenvalue weighted by Gasteiger charge is -2.20. The summed E-state index contributed by atoms with van der Waals surface area (Å²) in [6.07, 6.45) is 0.139. The van der Waals surface area contributed by atoms with Crippen molar-refractivity contribution < 1.29 is 22.7 Å². The second-order valence-electron chi connectivity index (χ2n) is 4.96. The van der Waals surface area contributed by atoms with E-state index in [4.69, 9.17) is 32.0 Å². The van der Waals surface area contributed by atoms with E-state index in [9.17, 15) is 18.0 Å². The van der Waals surface area contributed by atoms with Gasteiger partial charge in [-0.05, 0) is 18.2 Å². The zero-order valence-electron chi connectivity index (χ0n) is 13.5. The number of carbonyl (C=O) groups excluding carboxylic acids is 2. The molecule has 0 aliphatic heterocycles. The number of benzene rings is 1. The Morgan fingerprint density at radius 3 is 2.27 bits per heavy atom. The van der Waals surface area contributed by atoms with Crippen molar-refractivity contribution in [2.24, 2.45) is 5.14 Å². The number of hydrogen-bond donors (Lipinski definition) is 1. The van der Waals surface area contributed by atoms with Crippen LogP contribution in [-0.2, 0) is 19.6 Å². The molecule has 0 unspecified atom stereocenters. The predicted molar refractivity (Wildman–Crippen MR) is 90.1 cm³/mol. The van der Waals surface area contributed by atoms with Crippen molar-refractivity contribution in [3.63, 3.8) is 0 Å². The standard InChI is InChI=1S/C15H15ClN4O5S/c16-12-4-3-11(9-13(12)26(19,23)24)15(22)25-10-14(21)20(7-1-5-17)8-2-6-18/h3-4,9H,1-2,7-8,10H2,(H2,19,23,24). The van der Waals surface area contributed by atoms with Crippen LogP contribution in [0.15, 0.2) is 23.1 Å². The van der Waals surface area contributed by atoms with Gasteiger partial charge < -0.3 is 9.64 Å². The summed E-state index contributed by atoms with van der Waals surface area (Å²) in [5.41, 5.74) is -0.146. The first kappa shape index (κ1) is 21.4. The molecular formula is C15H15ClN4O5S. The molecule has 0 saturated heterocycles. The molecule has 0 radical (unpaired) electrons. The molecule has 0 saturated carbocycles. The number of primary sulfonamides is 1. The van der Waals surface area contributed by atoms with Gasteiger partial charge in [0, 0.05) is 13.1 Å². The lowest BCUT2D eigenvalue weighted by molar-refractivity contribution is -0.134. The number of nitrogens with two attached hydrogens (primary N) is 1. The van der Waals surface area contributed by atoms with Crippen LogP contribution in [0.1, 0.15) is 23.2 Å². The normalized spacial score (nSPS) is 10.5. The fourth-order valence-electron chi connectivity index (χ4n) is 1.88. The van der Waals surface area contributed by atoms with E-state index >= 15 is 0 Å². The minimum Gasteiger partial charge on any atom is -0.452 e.